The Balaban J connectivity index is 4.62. The average Bonchev–Trinajstić information content (AvgIpc) is 2.27. The maximum absolute atomic E-state index is 11.9. The van der Waals surface area contributed by atoms with E-state index in [4.69, 9.17) is 0 Å². The standard InChI is InChI=1S/C13H26N2O3/c1-7-15(8-2)10(16)9-14-13(5,6)12(3,4)11(17)18/h14H,7-9H2,1-6H3,(H,17,18). The molecule has 5 heteroatoms. The molecule has 0 aromatic rings. The molecule has 18 heavy (non-hydrogen) atoms. The second kappa shape index (κ2) is 6.18. The number of likely N-dealkylation sites (N-methyl/N-ethyl adjacent to an activating group) is 1. The number of carboxylic acid groups (broad SMARTS) is 1. The smallest absolute Gasteiger partial charge is 0.310 e. The van der Waals surface area contributed by atoms with Gasteiger partial charge in [-0.3, -0.25) is 9.59 Å². The molecule has 0 unspecified atom stereocenters. The fraction of sp³-hybridized carbons (Fsp3) is 0.846. The summed E-state index contributed by atoms with van der Waals surface area (Å²) in [6.07, 6.45) is 0. The highest BCUT2D eigenvalue weighted by Gasteiger charge is 2.43. The van der Waals surface area contributed by atoms with Crippen LogP contribution in [0.25, 0.3) is 0 Å². The third-order valence-corrected chi connectivity index (χ3v) is 3.89. The van der Waals surface area contributed by atoms with Crippen LogP contribution in [-0.2, 0) is 9.59 Å². The predicted octanol–water partition coefficient (Wildman–Crippen LogP) is 1.33. The lowest BCUT2D eigenvalue weighted by Crippen LogP contribution is -2.57. The van der Waals surface area contributed by atoms with Crippen LogP contribution in [0.1, 0.15) is 41.5 Å². The summed E-state index contributed by atoms with van der Waals surface area (Å²) in [5.74, 6) is -0.885. The number of hydrogen-bond acceptors (Lipinski definition) is 3. The average molecular weight is 258 g/mol. The van der Waals surface area contributed by atoms with Crippen LogP contribution in [0.2, 0.25) is 0 Å². The molecule has 106 valence electrons. The van der Waals surface area contributed by atoms with E-state index in [0.717, 1.165) is 0 Å². The van der Waals surface area contributed by atoms with Crippen molar-refractivity contribution < 1.29 is 14.7 Å². The monoisotopic (exact) mass is 258 g/mol. The Morgan fingerprint density at radius 2 is 1.56 bits per heavy atom. The van der Waals surface area contributed by atoms with Gasteiger partial charge < -0.3 is 15.3 Å². The first-order chi connectivity index (χ1) is 8.10. The minimum absolute atomic E-state index is 0.00531. The van der Waals surface area contributed by atoms with Gasteiger partial charge in [-0.25, -0.2) is 0 Å². The van der Waals surface area contributed by atoms with Crippen molar-refractivity contribution in [3.8, 4) is 0 Å². The van der Waals surface area contributed by atoms with E-state index in [2.05, 4.69) is 5.32 Å². The van der Waals surface area contributed by atoms with Crippen molar-refractivity contribution >= 4 is 11.9 Å². The largest absolute Gasteiger partial charge is 0.481 e. The van der Waals surface area contributed by atoms with Crippen LogP contribution < -0.4 is 5.32 Å². The zero-order valence-corrected chi connectivity index (χ0v) is 12.3. The summed E-state index contributed by atoms with van der Waals surface area (Å²) in [7, 11) is 0. The van der Waals surface area contributed by atoms with E-state index >= 15 is 0 Å². The van der Waals surface area contributed by atoms with Crippen molar-refractivity contribution in [3.63, 3.8) is 0 Å². The fourth-order valence-electron chi connectivity index (χ4n) is 1.47. The second-order valence-corrected chi connectivity index (χ2v) is 5.47. The lowest BCUT2D eigenvalue weighted by atomic mass is 9.74. The third kappa shape index (κ3) is 3.70. The summed E-state index contributed by atoms with van der Waals surface area (Å²) in [5.41, 5.74) is -1.61. The molecule has 1 amide bonds. The summed E-state index contributed by atoms with van der Waals surface area (Å²) in [6.45, 7) is 12.3. The number of aliphatic carboxylic acids is 1. The normalized spacial score (nSPS) is 12.3. The van der Waals surface area contributed by atoms with E-state index in [0.29, 0.717) is 13.1 Å². The molecular weight excluding hydrogens is 232 g/mol. The predicted molar refractivity (Wildman–Crippen MR) is 71.4 cm³/mol. The van der Waals surface area contributed by atoms with Crippen LogP contribution in [0, 0.1) is 5.41 Å². The van der Waals surface area contributed by atoms with E-state index < -0.39 is 16.9 Å². The summed E-state index contributed by atoms with van der Waals surface area (Å²) >= 11 is 0. The SMILES string of the molecule is CCN(CC)C(=O)CNC(C)(C)C(C)(C)C(=O)O. The second-order valence-electron chi connectivity index (χ2n) is 5.47. The minimum atomic E-state index is -0.948. The van der Waals surface area contributed by atoms with Crippen molar-refractivity contribution in [2.24, 2.45) is 5.41 Å². The molecule has 0 saturated carbocycles. The number of amides is 1. The van der Waals surface area contributed by atoms with E-state index in [1.807, 2.05) is 13.8 Å². The van der Waals surface area contributed by atoms with Crippen molar-refractivity contribution in [2.75, 3.05) is 19.6 Å². The number of carbonyl (C=O) groups excluding carboxylic acids is 1. The van der Waals surface area contributed by atoms with Crippen LogP contribution in [0.4, 0.5) is 0 Å². The van der Waals surface area contributed by atoms with E-state index in [1.54, 1.807) is 32.6 Å². The molecule has 2 N–H and O–H groups in total. The van der Waals surface area contributed by atoms with Crippen molar-refractivity contribution in [1.82, 2.24) is 10.2 Å². The molecule has 0 rings (SSSR count). The Labute approximate surface area is 110 Å². The molecule has 0 heterocycles. The first-order valence-electron chi connectivity index (χ1n) is 6.36. The van der Waals surface area contributed by atoms with Crippen LogP contribution in [0.5, 0.6) is 0 Å². The highest BCUT2D eigenvalue weighted by Crippen LogP contribution is 2.30. The third-order valence-electron chi connectivity index (χ3n) is 3.89. The van der Waals surface area contributed by atoms with Gasteiger partial charge >= 0.3 is 5.97 Å². The zero-order chi connectivity index (χ0) is 14.6. The molecular formula is C13H26N2O3. The summed E-state index contributed by atoms with van der Waals surface area (Å²) < 4.78 is 0. The maximum Gasteiger partial charge on any atom is 0.310 e. The van der Waals surface area contributed by atoms with E-state index in [1.165, 1.54) is 0 Å². The Bertz CT molecular complexity index is 307. The number of hydrogen-bond donors (Lipinski definition) is 2. The van der Waals surface area contributed by atoms with Gasteiger partial charge in [0.05, 0.1) is 12.0 Å². The molecule has 0 aliphatic heterocycles. The van der Waals surface area contributed by atoms with Crippen LogP contribution in [0.3, 0.4) is 0 Å². The van der Waals surface area contributed by atoms with Gasteiger partial charge in [0, 0.05) is 18.6 Å². The van der Waals surface area contributed by atoms with E-state index in [9.17, 15) is 14.7 Å². The molecule has 0 aliphatic carbocycles. The highest BCUT2D eigenvalue weighted by molar-refractivity contribution is 5.79. The zero-order valence-electron chi connectivity index (χ0n) is 12.3. The van der Waals surface area contributed by atoms with Crippen molar-refractivity contribution in [1.29, 1.82) is 0 Å². The number of nitrogens with one attached hydrogen (secondary N) is 1. The summed E-state index contributed by atoms with van der Waals surface area (Å²) in [5, 5.41) is 12.3. The Hall–Kier alpha value is -1.10. The number of nitrogens with zero attached hydrogens (tertiary/aromatic N) is 1. The van der Waals surface area contributed by atoms with Gasteiger partial charge in [-0.1, -0.05) is 0 Å². The molecule has 0 aliphatic rings. The van der Waals surface area contributed by atoms with Crippen molar-refractivity contribution in [3.05, 3.63) is 0 Å². The Morgan fingerprint density at radius 3 is 1.89 bits per heavy atom. The number of carbonyl (C=O) groups is 2. The lowest BCUT2D eigenvalue weighted by molar-refractivity contribution is -0.151. The lowest BCUT2D eigenvalue weighted by Gasteiger charge is -2.39. The molecule has 0 spiro atoms. The molecule has 0 radical (unpaired) electrons. The van der Waals surface area contributed by atoms with Gasteiger partial charge in [0.1, 0.15) is 0 Å². The molecule has 0 saturated heterocycles. The first kappa shape index (κ1) is 16.9. The van der Waals surface area contributed by atoms with Gasteiger partial charge in [-0.15, -0.1) is 0 Å². The topological polar surface area (TPSA) is 69.6 Å². The van der Waals surface area contributed by atoms with Gasteiger partial charge in [-0.05, 0) is 41.5 Å². The fourth-order valence-corrected chi connectivity index (χ4v) is 1.47. The van der Waals surface area contributed by atoms with Crippen LogP contribution >= 0.6 is 0 Å². The molecule has 5 nitrogen and oxygen atoms in total. The van der Waals surface area contributed by atoms with Crippen LogP contribution in [-0.4, -0.2) is 47.1 Å². The minimum Gasteiger partial charge on any atom is -0.481 e. The molecule has 0 atom stereocenters. The van der Waals surface area contributed by atoms with Gasteiger partial charge in [-0.2, -0.15) is 0 Å². The molecule has 0 aromatic carbocycles. The van der Waals surface area contributed by atoms with Gasteiger partial charge in [0.15, 0.2) is 0 Å². The van der Waals surface area contributed by atoms with Crippen LogP contribution in [0.15, 0.2) is 0 Å². The summed E-state index contributed by atoms with van der Waals surface area (Å²) in [4.78, 5) is 24.8. The Kier molecular flexibility index (Phi) is 5.80. The van der Waals surface area contributed by atoms with Gasteiger partial charge in [0.25, 0.3) is 0 Å². The van der Waals surface area contributed by atoms with Crippen molar-refractivity contribution in [2.45, 2.75) is 47.1 Å². The highest BCUT2D eigenvalue weighted by atomic mass is 16.4. The van der Waals surface area contributed by atoms with E-state index in [-0.39, 0.29) is 12.5 Å². The molecule has 0 aromatic heterocycles. The quantitative estimate of drug-likeness (QED) is 0.723. The Morgan fingerprint density at radius 1 is 1.11 bits per heavy atom. The molecule has 0 fully saturated rings. The number of rotatable bonds is 7. The molecule has 0 bridgehead atoms. The maximum atomic E-state index is 11.9. The van der Waals surface area contributed by atoms with Gasteiger partial charge in [0.2, 0.25) is 5.91 Å². The first-order valence-corrected chi connectivity index (χ1v) is 6.36. The summed E-state index contributed by atoms with van der Waals surface area (Å²) in [6, 6.07) is 0. The number of carboxylic acids is 1.